The van der Waals surface area contributed by atoms with Gasteiger partial charge in [-0.25, -0.2) is 4.98 Å². The van der Waals surface area contributed by atoms with E-state index in [1.807, 2.05) is 57.2 Å². The van der Waals surface area contributed by atoms with Crippen LogP contribution in [0.15, 0.2) is 65.0 Å². The van der Waals surface area contributed by atoms with Crippen molar-refractivity contribution in [3.05, 3.63) is 60.0 Å². The quantitative estimate of drug-likeness (QED) is 0.663. The maximum absolute atomic E-state index is 12.8. The van der Waals surface area contributed by atoms with E-state index in [1.54, 1.807) is 11.6 Å². The summed E-state index contributed by atoms with van der Waals surface area (Å²) in [5.74, 6) is -0.733. The number of likely N-dealkylation sites (N-methyl/N-ethyl adjacent to an activating group) is 1. The lowest BCUT2D eigenvalue weighted by Gasteiger charge is -2.17. The molecule has 0 atom stereocenters. The molecule has 0 saturated heterocycles. The maximum Gasteiger partial charge on any atom is 0.296 e. The first-order valence-corrected chi connectivity index (χ1v) is 9.66. The highest BCUT2D eigenvalue weighted by Crippen LogP contribution is 2.30. The number of fused-ring (bicyclic) bond motifs is 1. The van der Waals surface area contributed by atoms with Gasteiger partial charge in [-0.1, -0.05) is 25.3 Å². The number of aromatic nitrogens is 2. The van der Waals surface area contributed by atoms with Gasteiger partial charge in [0.25, 0.3) is 5.91 Å². The lowest BCUT2D eigenvalue weighted by Crippen LogP contribution is -2.35. The van der Waals surface area contributed by atoms with Crippen molar-refractivity contribution in [2.75, 3.05) is 26.0 Å². The number of para-hydroxylation sites is 2. The van der Waals surface area contributed by atoms with Crippen LogP contribution in [0.4, 0.5) is 5.95 Å². The molecule has 2 aromatic rings. The molecule has 1 aliphatic heterocycles. The van der Waals surface area contributed by atoms with Gasteiger partial charge in [0, 0.05) is 46.7 Å². The number of carbonyl (C=O) groups excluding carboxylic acids is 2. The van der Waals surface area contributed by atoms with Gasteiger partial charge >= 0.3 is 0 Å². The summed E-state index contributed by atoms with van der Waals surface area (Å²) in [7, 11) is 7.20. The Morgan fingerprint density at radius 1 is 1.17 bits per heavy atom. The molecule has 1 aliphatic rings. The first-order valence-electron chi connectivity index (χ1n) is 9.66. The molecule has 0 saturated carbocycles. The second kappa shape index (κ2) is 8.10. The summed E-state index contributed by atoms with van der Waals surface area (Å²) in [4.78, 5) is 37.7. The molecule has 1 aromatic carbocycles. The SMILES string of the molecule is C=C(CC(=O)C(=O)N(C)c1nc2ccccc2n1C)C1=C(C)N=C(C(=C)N(C)C)C1. The summed E-state index contributed by atoms with van der Waals surface area (Å²) in [6.07, 6.45) is 0.501. The molecule has 30 heavy (non-hydrogen) atoms. The number of anilines is 1. The first kappa shape index (κ1) is 21.2. The highest BCUT2D eigenvalue weighted by molar-refractivity contribution is 6.41. The monoisotopic (exact) mass is 405 g/mol. The topological polar surface area (TPSA) is 70.8 Å². The number of hydrogen-bond acceptors (Lipinski definition) is 5. The number of rotatable bonds is 7. The zero-order valence-electron chi connectivity index (χ0n) is 18.2. The van der Waals surface area contributed by atoms with E-state index in [2.05, 4.69) is 23.1 Å². The second-order valence-electron chi connectivity index (χ2n) is 7.67. The largest absolute Gasteiger partial charge is 0.377 e. The van der Waals surface area contributed by atoms with E-state index in [0.717, 1.165) is 33.7 Å². The molecule has 0 unspecified atom stereocenters. The van der Waals surface area contributed by atoms with E-state index in [1.165, 1.54) is 4.90 Å². The fraction of sp³-hybridized carbons (Fsp3) is 0.304. The van der Waals surface area contributed by atoms with Crippen LogP contribution in [0.5, 0.6) is 0 Å². The number of nitrogens with zero attached hydrogens (tertiary/aromatic N) is 5. The minimum atomic E-state index is -0.621. The van der Waals surface area contributed by atoms with Gasteiger partial charge in [-0.15, -0.1) is 0 Å². The van der Waals surface area contributed by atoms with Crippen LogP contribution in [0.2, 0.25) is 0 Å². The minimum Gasteiger partial charge on any atom is -0.377 e. The van der Waals surface area contributed by atoms with Crippen LogP contribution in [0.1, 0.15) is 19.8 Å². The van der Waals surface area contributed by atoms with Crippen molar-refractivity contribution < 1.29 is 9.59 Å². The molecule has 1 aromatic heterocycles. The highest BCUT2D eigenvalue weighted by Gasteiger charge is 2.27. The molecule has 0 spiro atoms. The van der Waals surface area contributed by atoms with Gasteiger partial charge in [-0.05, 0) is 30.2 Å². The van der Waals surface area contributed by atoms with E-state index in [0.29, 0.717) is 17.9 Å². The molecule has 0 fully saturated rings. The molecular weight excluding hydrogens is 378 g/mol. The predicted octanol–water partition coefficient (Wildman–Crippen LogP) is 3.25. The molecule has 3 rings (SSSR count). The summed E-state index contributed by atoms with van der Waals surface area (Å²) < 4.78 is 1.80. The van der Waals surface area contributed by atoms with Crippen molar-refractivity contribution in [3.63, 3.8) is 0 Å². The van der Waals surface area contributed by atoms with E-state index in [4.69, 9.17) is 0 Å². The summed E-state index contributed by atoms with van der Waals surface area (Å²) in [6, 6.07) is 7.58. The maximum atomic E-state index is 12.8. The Kier molecular flexibility index (Phi) is 5.73. The molecule has 0 radical (unpaired) electrons. The van der Waals surface area contributed by atoms with Crippen molar-refractivity contribution >= 4 is 34.4 Å². The number of amides is 1. The number of hydrogen-bond donors (Lipinski definition) is 0. The number of allylic oxidation sites excluding steroid dienone is 4. The Labute approximate surface area is 176 Å². The zero-order chi connectivity index (χ0) is 22.2. The van der Waals surface area contributed by atoms with Crippen molar-refractivity contribution in [1.82, 2.24) is 14.5 Å². The number of benzene rings is 1. The number of aliphatic imine (C=N–C) groups is 1. The van der Waals surface area contributed by atoms with Gasteiger partial charge in [0.2, 0.25) is 11.7 Å². The lowest BCUT2D eigenvalue weighted by atomic mass is 9.97. The van der Waals surface area contributed by atoms with E-state index >= 15 is 0 Å². The molecule has 2 heterocycles. The van der Waals surface area contributed by atoms with E-state index in [-0.39, 0.29) is 6.42 Å². The zero-order valence-corrected chi connectivity index (χ0v) is 18.2. The van der Waals surface area contributed by atoms with Crippen LogP contribution >= 0.6 is 0 Å². The third-order valence-corrected chi connectivity index (χ3v) is 5.36. The van der Waals surface area contributed by atoms with Crippen molar-refractivity contribution in [2.24, 2.45) is 12.0 Å². The number of ketones is 1. The van der Waals surface area contributed by atoms with Gasteiger partial charge in [-0.2, -0.15) is 0 Å². The molecule has 1 amide bonds. The van der Waals surface area contributed by atoms with Gasteiger partial charge in [0.1, 0.15) is 0 Å². The smallest absolute Gasteiger partial charge is 0.296 e. The fourth-order valence-corrected chi connectivity index (χ4v) is 3.50. The van der Waals surface area contributed by atoms with E-state index < -0.39 is 11.7 Å². The third kappa shape index (κ3) is 3.83. The Hall–Kier alpha value is -3.48. The average molecular weight is 406 g/mol. The van der Waals surface area contributed by atoms with Crippen LogP contribution in [0.25, 0.3) is 11.0 Å². The lowest BCUT2D eigenvalue weighted by molar-refractivity contribution is -0.135. The Bertz CT molecular complexity index is 1130. The Morgan fingerprint density at radius 2 is 1.83 bits per heavy atom. The van der Waals surface area contributed by atoms with Gasteiger partial charge in [0.15, 0.2) is 0 Å². The van der Waals surface area contributed by atoms with Crippen LogP contribution in [0.3, 0.4) is 0 Å². The first-order chi connectivity index (χ1) is 14.1. The number of imidazole rings is 1. The second-order valence-corrected chi connectivity index (χ2v) is 7.67. The van der Waals surface area contributed by atoms with Crippen molar-refractivity contribution in [1.29, 1.82) is 0 Å². The van der Waals surface area contributed by atoms with Gasteiger partial charge in [0.05, 0.1) is 22.4 Å². The van der Waals surface area contributed by atoms with Crippen molar-refractivity contribution in [3.8, 4) is 0 Å². The fourth-order valence-electron chi connectivity index (χ4n) is 3.50. The minimum absolute atomic E-state index is 0.0585. The van der Waals surface area contributed by atoms with Gasteiger partial charge < -0.3 is 9.47 Å². The van der Waals surface area contributed by atoms with Gasteiger partial charge in [-0.3, -0.25) is 19.5 Å². The molecule has 0 bridgehead atoms. The third-order valence-electron chi connectivity index (χ3n) is 5.36. The van der Waals surface area contributed by atoms with Crippen LogP contribution < -0.4 is 4.90 Å². The highest BCUT2D eigenvalue weighted by atomic mass is 16.2. The number of carbonyl (C=O) groups is 2. The molecule has 7 nitrogen and oxygen atoms in total. The van der Waals surface area contributed by atoms with Crippen LogP contribution in [-0.2, 0) is 16.6 Å². The Morgan fingerprint density at radius 3 is 2.47 bits per heavy atom. The summed E-state index contributed by atoms with van der Waals surface area (Å²) >= 11 is 0. The average Bonchev–Trinajstić information content (AvgIpc) is 3.26. The standard InChI is InChI=1S/C23H27N5O2/c1-14(17-13-19(24-15(17)2)16(3)26(4)5)12-21(29)22(30)28(7)23-25-18-10-8-9-11-20(18)27(23)6/h8-11H,1,3,12-13H2,2,4-7H3. The summed E-state index contributed by atoms with van der Waals surface area (Å²) in [6.45, 7) is 9.97. The van der Waals surface area contributed by atoms with Crippen molar-refractivity contribution in [2.45, 2.75) is 19.8 Å². The number of aryl methyl sites for hydroxylation is 1. The Balaban J connectivity index is 1.70. The summed E-state index contributed by atoms with van der Waals surface area (Å²) in [5, 5.41) is 0. The molecule has 156 valence electrons. The number of Topliss-reactive ketones (excluding diaryl/α,β-unsaturated/α-hetero) is 1. The normalized spacial score (nSPS) is 13.4. The van der Waals surface area contributed by atoms with Crippen LogP contribution in [0, 0.1) is 0 Å². The molecule has 7 heteroatoms. The predicted molar refractivity (Wildman–Crippen MR) is 120 cm³/mol. The van der Waals surface area contributed by atoms with Crippen LogP contribution in [-0.4, -0.2) is 53.0 Å². The summed E-state index contributed by atoms with van der Waals surface area (Å²) in [5.41, 5.74) is 5.63. The molecule has 0 aliphatic carbocycles. The molecular formula is C23H27N5O2. The van der Waals surface area contributed by atoms with E-state index in [9.17, 15) is 9.59 Å². The molecule has 0 N–H and O–H groups in total.